The maximum Gasteiger partial charge on any atom is 0.320 e. The van der Waals surface area contributed by atoms with E-state index in [9.17, 15) is 9.90 Å². The zero-order chi connectivity index (χ0) is 15.8. The maximum atomic E-state index is 11.7. The zero-order valence-electron chi connectivity index (χ0n) is 13.3. The first kappa shape index (κ1) is 17.5. The van der Waals surface area contributed by atoms with E-state index in [1.807, 2.05) is 34.1 Å². The highest BCUT2D eigenvalue weighted by molar-refractivity contribution is 5.88. The highest BCUT2D eigenvalue weighted by Crippen LogP contribution is 2.04. The molecule has 0 aliphatic carbocycles. The summed E-state index contributed by atoms with van der Waals surface area (Å²) in [4.78, 5) is 13.8. The molecule has 7 nitrogen and oxygen atoms in total. The molecule has 0 aliphatic rings. The molecule has 0 bridgehead atoms. The molecule has 0 radical (unpaired) electrons. The van der Waals surface area contributed by atoms with Crippen LogP contribution in [0.5, 0.6) is 0 Å². The number of carbonyl (C=O) groups is 1. The van der Waals surface area contributed by atoms with Gasteiger partial charge in [0, 0.05) is 25.4 Å². The van der Waals surface area contributed by atoms with Crippen molar-refractivity contribution in [2.75, 3.05) is 32.5 Å². The van der Waals surface area contributed by atoms with Gasteiger partial charge in [0.25, 0.3) is 0 Å². The number of hydrogen-bond donors (Lipinski definition) is 3. The van der Waals surface area contributed by atoms with Gasteiger partial charge in [-0.3, -0.25) is 10.00 Å². The number of carbonyl (C=O) groups excluding carboxylic acids is 1. The quantitative estimate of drug-likeness (QED) is 0.668. The summed E-state index contributed by atoms with van der Waals surface area (Å²) in [5.74, 6) is 0.905. The predicted octanol–water partition coefficient (Wildman–Crippen LogP) is 0.973. The second-order valence-corrected chi connectivity index (χ2v) is 5.89. The maximum absolute atomic E-state index is 11.7. The molecule has 1 aromatic heterocycles. The van der Waals surface area contributed by atoms with Gasteiger partial charge in [0.2, 0.25) is 0 Å². The number of likely N-dealkylation sites (N-methyl/N-ethyl adjacent to an activating group) is 1. The molecule has 1 atom stereocenters. The van der Waals surface area contributed by atoms with E-state index in [-0.39, 0.29) is 12.6 Å². The van der Waals surface area contributed by atoms with Crippen LogP contribution < -0.4 is 10.6 Å². The Morgan fingerprint density at radius 1 is 1.48 bits per heavy atom. The van der Waals surface area contributed by atoms with Crippen LogP contribution in [-0.4, -0.2) is 59.1 Å². The van der Waals surface area contributed by atoms with Crippen LogP contribution >= 0.6 is 0 Å². The van der Waals surface area contributed by atoms with Gasteiger partial charge in [-0.1, -0.05) is 13.8 Å². The number of nitrogens with zero attached hydrogens (tertiary/aromatic N) is 3. The molecule has 1 aromatic rings. The fourth-order valence-corrected chi connectivity index (χ4v) is 1.85. The molecule has 2 amide bonds. The van der Waals surface area contributed by atoms with Gasteiger partial charge in [0.1, 0.15) is 0 Å². The molecular weight excluding hydrogens is 270 g/mol. The Labute approximate surface area is 126 Å². The van der Waals surface area contributed by atoms with Gasteiger partial charge in [-0.15, -0.1) is 0 Å². The molecular formula is C14H27N5O2. The van der Waals surface area contributed by atoms with Crippen molar-refractivity contribution in [3.8, 4) is 0 Å². The summed E-state index contributed by atoms with van der Waals surface area (Å²) in [6.45, 7) is 5.96. The van der Waals surface area contributed by atoms with Crippen LogP contribution in [0.15, 0.2) is 12.3 Å². The van der Waals surface area contributed by atoms with Crippen LogP contribution in [0, 0.1) is 5.92 Å². The molecule has 3 N–H and O–H groups in total. The van der Waals surface area contributed by atoms with Crippen molar-refractivity contribution < 1.29 is 9.90 Å². The number of anilines is 1. The number of rotatable bonds is 8. The molecule has 0 spiro atoms. The summed E-state index contributed by atoms with van der Waals surface area (Å²) < 4.78 is 1.78. The number of urea groups is 1. The van der Waals surface area contributed by atoms with Crippen molar-refractivity contribution in [2.45, 2.75) is 32.9 Å². The topological polar surface area (TPSA) is 82.4 Å². The fraction of sp³-hybridized carbons (Fsp3) is 0.714. The lowest BCUT2D eigenvalue weighted by atomic mass is 10.1. The summed E-state index contributed by atoms with van der Waals surface area (Å²) in [5, 5.41) is 19.2. The van der Waals surface area contributed by atoms with Crippen molar-refractivity contribution in [3.63, 3.8) is 0 Å². The standard InChI is InChI=1S/C14H27N5O2/c1-11(2)9-12(20)10-15-14(21)16-13-5-6-19(17-13)8-7-18(3)4/h5-6,11-12,20H,7-10H2,1-4H3,(H2,15,16,17,21). The third-order valence-corrected chi connectivity index (χ3v) is 2.90. The molecule has 0 saturated carbocycles. The van der Waals surface area contributed by atoms with Crippen molar-refractivity contribution in [1.29, 1.82) is 0 Å². The fourth-order valence-electron chi connectivity index (χ4n) is 1.85. The molecule has 21 heavy (non-hydrogen) atoms. The van der Waals surface area contributed by atoms with E-state index in [0.717, 1.165) is 13.1 Å². The zero-order valence-corrected chi connectivity index (χ0v) is 13.3. The van der Waals surface area contributed by atoms with E-state index in [1.54, 1.807) is 10.7 Å². The average molecular weight is 297 g/mol. The lowest BCUT2D eigenvalue weighted by molar-refractivity contribution is 0.148. The van der Waals surface area contributed by atoms with Crippen LogP contribution in [0.3, 0.4) is 0 Å². The SMILES string of the molecule is CC(C)CC(O)CNC(=O)Nc1ccn(CCN(C)C)n1. The Bertz CT molecular complexity index is 431. The second-order valence-electron chi connectivity index (χ2n) is 5.89. The van der Waals surface area contributed by atoms with E-state index < -0.39 is 6.10 Å². The van der Waals surface area contributed by atoms with Gasteiger partial charge in [0.15, 0.2) is 5.82 Å². The van der Waals surface area contributed by atoms with E-state index >= 15 is 0 Å². The normalized spacial score (nSPS) is 12.7. The van der Waals surface area contributed by atoms with Gasteiger partial charge >= 0.3 is 6.03 Å². The molecule has 1 unspecified atom stereocenters. The monoisotopic (exact) mass is 297 g/mol. The minimum atomic E-state index is -0.520. The lowest BCUT2D eigenvalue weighted by Crippen LogP contribution is -2.35. The molecule has 120 valence electrons. The van der Waals surface area contributed by atoms with E-state index in [2.05, 4.69) is 20.6 Å². The number of aliphatic hydroxyl groups excluding tert-OH is 1. The summed E-state index contributed by atoms with van der Waals surface area (Å²) >= 11 is 0. The smallest absolute Gasteiger partial charge is 0.320 e. The molecule has 1 rings (SSSR count). The van der Waals surface area contributed by atoms with Gasteiger partial charge in [0.05, 0.1) is 12.6 Å². The van der Waals surface area contributed by atoms with Crippen LogP contribution in [0.25, 0.3) is 0 Å². The Hall–Kier alpha value is -1.60. The number of nitrogens with one attached hydrogen (secondary N) is 2. The third kappa shape index (κ3) is 7.67. The minimum Gasteiger partial charge on any atom is -0.391 e. The summed E-state index contributed by atoms with van der Waals surface area (Å²) in [6, 6.07) is 1.40. The molecule has 0 aromatic carbocycles. The lowest BCUT2D eigenvalue weighted by Gasteiger charge is -2.13. The Morgan fingerprint density at radius 2 is 2.19 bits per heavy atom. The summed E-state index contributed by atoms with van der Waals surface area (Å²) in [5.41, 5.74) is 0. The van der Waals surface area contributed by atoms with Crippen LogP contribution in [0.1, 0.15) is 20.3 Å². The highest BCUT2D eigenvalue weighted by atomic mass is 16.3. The second kappa shape index (κ2) is 8.63. The average Bonchev–Trinajstić information content (AvgIpc) is 2.81. The first-order valence-electron chi connectivity index (χ1n) is 7.28. The van der Waals surface area contributed by atoms with Crippen molar-refractivity contribution in [1.82, 2.24) is 20.0 Å². The summed E-state index contributed by atoms with van der Waals surface area (Å²) in [7, 11) is 4.00. The Morgan fingerprint density at radius 3 is 2.81 bits per heavy atom. The van der Waals surface area contributed by atoms with Crippen molar-refractivity contribution in [3.05, 3.63) is 12.3 Å². The predicted molar refractivity (Wildman–Crippen MR) is 83.3 cm³/mol. The van der Waals surface area contributed by atoms with Crippen molar-refractivity contribution >= 4 is 11.8 Å². The minimum absolute atomic E-state index is 0.241. The van der Waals surface area contributed by atoms with Crippen LogP contribution in [0.2, 0.25) is 0 Å². The Kier molecular flexibility index (Phi) is 7.18. The molecule has 1 heterocycles. The number of hydrogen-bond acceptors (Lipinski definition) is 4. The largest absolute Gasteiger partial charge is 0.391 e. The highest BCUT2D eigenvalue weighted by Gasteiger charge is 2.10. The molecule has 7 heteroatoms. The molecule has 0 fully saturated rings. The third-order valence-electron chi connectivity index (χ3n) is 2.90. The van der Waals surface area contributed by atoms with E-state index in [4.69, 9.17) is 0 Å². The van der Waals surface area contributed by atoms with Crippen molar-refractivity contribution in [2.24, 2.45) is 5.92 Å². The molecule has 0 saturated heterocycles. The first-order chi connectivity index (χ1) is 9.86. The summed E-state index contributed by atoms with van der Waals surface area (Å²) in [6.07, 6.45) is 1.97. The first-order valence-corrected chi connectivity index (χ1v) is 7.28. The van der Waals surface area contributed by atoms with Crippen LogP contribution in [0.4, 0.5) is 10.6 Å². The van der Waals surface area contributed by atoms with Gasteiger partial charge in [-0.2, -0.15) is 5.10 Å². The van der Waals surface area contributed by atoms with Gasteiger partial charge < -0.3 is 15.3 Å². The number of aromatic nitrogens is 2. The van der Waals surface area contributed by atoms with E-state index in [1.165, 1.54) is 0 Å². The van der Waals surface area contributed by atoms with E-state index in [0.29, 0.717) is 18.2 Å². The number of aliphatic hydroxyl groups is 1. The van der Waals surface area contributed by atoms with Crippen LogP contribution in [-0.2, 0) is 6.54 Å². The molecule has 0 aliphatic heterocycles. The Balaban J connectivity index is 2.31. The van der Waals surface area contributed by atoms with Gasteiger partial charge in [-0.05, 0) is 26.4 Å². The number of amides is 2. The van der Waals surface area contributed by atoms with Gasteiger partial charge in [-0.25, -0.2) is 4.79 Å².